The molecule has 2 aromatic rings. The number of benzene rings is 1. The Kier molecular flexibility index (Phi) is 4.68. The van der Waals surface area contributed by atoms with E-state index in [4.69, 9.17) is 10.5 Å². The van der Waals surface area contributed by atoms with Crippen LogP contribution < -0.4 is 15.8 Å². The fraction of sp³-hybridized carbons (Fsp3) is 0.471. The molecule has 1 aromatic carbocycles. The molecule has 0 saturated heterocycles. The van der Waals surface area contributed by atoms with Crippen LogP contribution in [-0.2, 0) is 0 Å². The first-order valence-electron chi connectivity index (χ1n) is 7.35. The number of hydrogen-bond acceptors (Lipinski definition) is 4. The Hall–Kier alpha value is -1.81. The number of pyridine rings is 1. The maximum atomic E-state index is 5.76. The Labute approximate surface area is 126 Å². The van der Waals surface area contributed by atoms with Crippen molar-refractivity contribution in [1.29, 1.82) is 0 Å². The second kappa shape index (κ2) is 6.31. The number of fused-ring (bicyclic) bond motifs is 1. The van der Waals surface area contributed by atoms with Gasteiger partial charge in [0.1, 0.15) is 11.6 Å². The molecule has 1 unspecified atom stereocenters. The van der Waals surface area contributed by atoms with Crippen molar-refractivity contribution in [3.05, 3.63) is 30.5 Å². The second-order valence-corrected chi connectivity index (χ2v) is 6.39. The smallest absolute Gasteiger partial charge is 0.134 e. The maximum absolute atomic E-state index is 5.76. The summed E-state index contributed by atoms with van der Waals surface area (Å²) in [7, 11) is 1.68. The minimum Gasteiger partial charge on any atom is -0.497 e. The number of anilines is 1. The molecule has 0 bridgehead atoms. The average molecular weight is 287 g/mol. The fourth-order valence-electron chi connectivity index (χ4n) is 2.44. The van der Waals surface area contributed by atoms with E-state index in [2.05, 4.69) is 37.1 Å². The lowest BCUT2D eigenvalue weighted by molar-refractivity contribution is 0.328. The summed E-state index contributed by atoms with van der Waals surface area (Å²) in [5.74, 6) is 1.73. The van der Waals surface area contributed by atoms with E-state index in [1.807, 2.05) is 24.4 Å². The first-order valence-corrected chi connectivity index (χ1v) is 7.35. The molecular weight excluding hydrogens is 262 g/mol. The molecular formula is C17H25N3O. The molecule has 3 N–H and O–H groups in total. The minimum absolute atomic E-state index is 0.113. The van der Waals surface area contributed by atoms with E-state index in [1.165, 1.54) is 0 Å². The van der Waals surface area contributed by atoms with Gasteiger partial charge in [-0.25, -0.2) is 4.98 Å². The summed E-state index contributed by atoms with van der Waals surface area (Å²) in [5.41, 5.74) is 5.87. The molecule has 1 heterocycles. The first-order chi connectivity index (χ1) is 9.95. The number of nitrogens with zero attached hydrogens (tertiary/aromatic N) is 1. The van der Waals surface area contributed by atoms with Crippen LogP contribution >= 0.6 is 0 Å². The first kappa shape index (κ1) is 15.6. The van der Waals surface area contributed by atoms with Gasteiger partial charge in [-0.3, -0.25) is 0 Å². The van der Waals surface area contributed by atoms with Crippen LogP contribution in [0.15, 0.2) is 30.5 Å². The van der Waals surface area contributed by atoms with Crippen molar-refractivity contribution in [1.82, 2.24) is 4.98 Å². The number of nitrogens with two attached hydrogens (primary N) is 1. The quantitative estimate of drug-likeness (QED) is 0.884. The number of hydrogen-bond donors (Lipinski definition) is 2. The summed E-state index contributed by atoms with van der Waals surface area (Å²) in [6, 6.07) is 8.32. The van der Waals surface area contributed by atoms with E-state index >= 15 is 0 Å². The lowest BCUT2D eigenvalue weighted by atomic mass is 9.84. The Morgan fingerprint density at radius 1 is 1.29 bits per heavy atom. The molecule has 4 nitrogen and oxygen atoms in total. The highest BCUT2D eigenvalue weighted by atomic mass is 16.5. The molecule has 1 aromatic heterocycles. The van der Waals surface area contributed by atoms with E-state index in [0.29, 0.717) is 6.54 Å². The van der Waals surface area contributed by atoms with Crippen LogP contribution in [0, 0.1) is 5.41 Å². The molecule has 21 heavy (non-hydrogen) atoms. The van der Waals surface area contributed by atoms with Crippen LogP contribution in [0.1, 0.15) is 27.2 Å². The van der Waals surface area contributed by atoms with Gasteiger partial charge in [0.15, 0.2) is 0 Å². The van der Waals surface area contributed by atoms with Crippen LogP contribution in [0.2, 0.25) is 0 Å². The van der Waals surface area contributed by atoms with Crippen LogP contribution in [0.3, 0.4) is 0 Å². The fourth-order valence-corrected chi connectivity index (χ4v) is 2.44. The number of aromatic nitrogens is 1. The molecule has 0 saturated carbocycles. The zero-order valence-electron chi connectivity index (χ0n) is 13.3. The lowest BCUT2D eigenvalue weighted by Gasteiger charge is -2.32. The highest BCUT2D eigenvalue weighted by Gasteiger charge is 2.24. The highest BCUT2D eigenvalue weighted by molar-refractivity contribution is 5.92. The van der Waals surface area contributed by atoms with E-state index in [-0.39, 0.29) is 11.5 Å². The van der Waals surface area contributed by atoms with Crippen molar-refractivity contribution in [2.24, 2.45) is 11.1 Å². The van der Waals surface area contributed by atoms with E-state index in [1.54, 1.807) is 7.11 Å². The third kappa shape index (κ3) is 3.64. The third-order valence-electron chi connectivity index (χ3n) is 3.78. The molecule has 0 aliphatic rings. The van der Waals surface area contributed by atoms with Crippen LogP contribution in [0.5, 0.6) is 5.75 Å². The van der Waals surface area contributed by atoms with Crippen LogP contribution in [0.4, 0.5) is 5.82 Å². The zero-order valence-corrected chi connectivity index (χ0v) is 13.3. The van der Waals surface area contributed by atoms with Gasteiger partial charge in [-0.05, 0) is 42.0 Å². The number of ether oxygens (including phenoxy) is 1. The number of nitrogens with one attached hydrogen (secondary N) is 1. The van der Waals surface area contributed by atoms with E-state index in [9.17, 15) is 0 Å². The van der Waals surface area contributed by atoms with Crippen molar-refractivity contribution in [3.8, 4) is 5.75 Å². The zero-order chi connectivity index (χ0) is 15.5. The third-order valence-corrected chi connectivity index (χ3v) is 3.78. The Morgan fingerprint density at radius 3 is 2.67 bits per heavy atom. The molecule has 0 aliphatic carbocycles. The molecule has 0 spiro atoms. The lowest BCUT2D eigenvalue weighted by Crippen LogP contribution is -2.36. The van der Waals surface area contributed by atoms with Gasteiger partial charge in [0.2, 0.25) is 0 Å². The topological polar surface area (TPSA) is 60.2 Å². The van der Waals surface area contributed by atoms with E-state index in [0.717, 1.165) is 28.8 Å². The van der Waals surface area contributed by atoms with Crippen molar-refractivity contribution in [2.45, 2.75) is 33.2 Å². The summed E-state index contributed by atoms with van der Waals surface area (Å²) in [5, 5.41) is 5.79. The normalized spacial score (nSPS) is 13.2. The van der Waals surface area contributed by atoms with Crippen molar-refractivity contribution in [3.63, 3.8) is 0 Å². The van der Waals surface area contributed by atoms with E-state index < -0.39 is 0 Å². The number of rotatable bonds is 5. The van der Waals surface area contributed by atoms with Gasteiger partial charge >= 0.3 is 0 Å². The highest BCUT2D eigenvalue weighted by Crippen LogP contribution is 2.30. The summed E-state index contributed by atoms with van der Waals surface area (Å²) >= 11 is 0. The molecule has 114 valence electrons. The van der Waals surface area contributed by atoms with Gasteiger partial charge in [-0.1, -0.05) is 26.8 Å². The molecule has 4 heteroatoms. The summed E-state index contributed by atoms with van der Waals surface area (Å²) < 4.78 is 5.32. The van der Waals surface area contributed by atoms with Crippen LogP contribution in [-0.4, -0.2) is 24.7 Å². The molecule has 1 atom stereocenters. The summed E-state index contributed by atoms with van der Waals surface area (Å²) in [4.78, 5) is 4.51. The monoisotopic (exact) mass is 287 g/mol. The molecule has 2 rings (SSSR count). The predicted octanol–water partition coefficient (Wildman–Crippen LogP) is 3.42. The maximum Gasteiger partial charge on any atom is 0.134 e. The Bertz CT molecular complexity index is 604. The minimum atomic E-state index is 0.113. The largest absolute Gasteiger partial charge is 0.497 e. The van der Waals surface area contributed by atoms with Gasteiger partial charge < -0.3 is 15.8 Å². The average Bonchev–Trinajstić information content (AvgIpc) is 2.45. The number of methoxy groups -OCH3 is 1. The van der Waals surface area contributed by atoms with Crippen molar-refractivity contribution in [2.75, 3.05) is 19.0 Å². The van der Waals surface area contributed by atoms with Crippen molar-refractivity contribution >= 4 is 16.6 Å². The molecule has 0 aliphatic heterocycles. The Balaban J connectivity index is 2.40. The second-order valence-electron chi connectivity index (χ2n) is 6.39. The van der Waals surface area contributed by atoms with Crippen molar-refractivity contribution < 1.29 is 4.74 Å². The summed E-state index contributed by atoms with van der Waals surface area (Å²) in [6.45, 7) is 7.30. The van der Waals surface area contributed by atoms with Gasteiger partial charge in [-0.15, -0.1) is 0 Å². The molecule has 0 fully saturated rings. The Morgan fingerprint density at radius 2 is 2.05 bits per heavy atom. The van der Waals surface area contributed by atoms with Crippen LogP contribution in [0.25, 0.3) is 10.8 Å². The SMILES string of the molecule is COc1ccc2ccnc(NC(CCN)C(C)(C)C)c2c1. The standard InChI is InChI=1S/C17H25N3O/c1-17(2,3)15(7-9-18)20-16-14-11-13(21-4)6-5-12(14)8-10-19-16/h5-6,8,10-11,15H,7,9,18H2,1-4H3,(H,19,20). The van der Waals surface area contributed by atoms with Gasteiger partial charge in [0.05, 0.1) is 7.11 Å². The van der Waals surface area contributed by atoms with Gasteiger partial charge in [0.25, 0.3) is 0 Å². The molecule has 0 amide bonds. The van der Waals surface area contributed by atoms with Gasteiger partial charge in [-0.2, -0.15) is 0 Å². The summed E-state index contributed by atoms with van der Waals surface area (Å²) in [6.07, 6.45) is 2.74. The van der Waals surface area contributed by atoms with Gasteiger partial charge in [0, 0.05) is 17.6 Å². The molecule has 0 radical (unpaired) electrons. The predicted molar refractivity (Wildman–Crippen MR) is 88.8 cm³/mol.